The highest BCUT2D eigenvalue weighted by Gasteiger charge is 2.12. The van der Waals surface area contributed by atoms with Crippen LogP contribution in [0, 0.1) is 0 Å². The van der Waals surface area contributed by atoms with Gasteiger partial charge in [-0.2, -0.15) is 0 Å². The highest BCUT2D eigenvalue weighted by atomic mass is 35.5. The zero-order chi connectivity index (χ0) is 17.0. The minimum atomic E-state index is -1.06. The van der Waals surface area contributed by atoms with E-state index in [0.29, 0.717) is 21.3 Å². The summed E-state index contributed by atoms with van der Waals surface area (Å²) in [7, 11) is 0. The fourth-order valence-electron chi connectivity index (χ4n) is 1.95. The van der Waals surface area contributed by atoms with Crippen molar-refractivity contribution in [3.63, 3.8) is 0 Å². The second-order valence-corrected chi connectivity index (χ2v) is 5.83. The van der Waals surface area contributed by atoms with Gasteiger partial charge in [-0.05, 0) is 42.3 Å². The van der Waals surface area contributed by atoms with Crippen molar-refractivity contribution in [3.8, 4) is 0 Å². The molecule has 1 amide bonds. The molecule has 2 rings (SSSR count). The third kappa shape index (κ3) is 4.96. The molecule has 0 aliphatic heterocycles. The van der Waals surface area contributed by atoms with Crippen LogP contribution in [0.2, 0.25) is 10.0 Å². The van der Waals surface area contributed by atoms with E-state index in [0.717, 1.165) is 5.56 Å². The zero-order valence-corrected chi connectivity index (χ0v) is 13.4. The van der Waals surface area contributed by atoms with E-state index in [9.17, 15) is 9.59 Å². The molecule has 0 saturated heterocycles. The molecule has 0 radical (unpaired) electrons. The Hall–Kier alpha value is -2.08. The molecule has 0 heterocycles. The van der Waals surface area contributed by atoms with E-state index in [1.54, 1.807) is 30.3 Å². The number of carboxylic acids is 1. The van der Waals surface area contributed by atoms with Gasteiger partial charge in [-0.3, -0.25) is 9.59 Å². The normalized spacial score (nSPS) is 11.8. The molecule has 2 aromatic rings. The van der Waals surface area contributed by atoms with E-state index >= 15 is 0 Å². The number of benzene rings is 2. The molecule has 7 heteroatoms. The van der Waals surface area contributed by atoms with Crippen LogP contribution in [0.25, 0.3) is 0 Å². The maximum atomic E-state index is 12.1. The number of nitrogens with two attached hydrogens (primary N) is 1. The van der Waals surface area contributed by atoms with Crippen LogP contribution in [0.3, 0.4) is 0 Å². The molecule has 5 nitrogen and oxygen atoms in total. The Kier molecular flexibility index (Phi) is 5.60. The van der Waals surface area contributed by atoms with Gasteiger partial charge in [-0.1, -0.05) is 35.3 Å². The number of carboxylic acid groups (broad SMARTS) is 1. The second kappa shape index (κ2) is 7.46. The van der Waals surface area contributed by atoms with Gasteiger partial charge >= 0.3 is 5.97 Å². The van der Waals surface area contributed by atoms with Crippen LogP contribution < -0.4 is 11.1 Å². The van der Waals surface area contributed by atoms with Crippen molar-refractivity contribution in [1.29, 1.82) is 0 Å². The van der Waals surface area contributed by atoms with Crippen LogP contribution in [0.15, 0.2) is 42.5 Å². The molecule has 0 saturated carbocycles. The monoisotopic (exact) mass is 352 g/mol. The van der Waals surface area contributed by atoms with Crippen LogP contribution in [-0.4, -0.2) is 23.0 Å². The molecule has 0 aliphatic rings. The van der Waals surface area contributed by atoms with E-state index in [1.165, 1.54) is 12.1 Å². The standard InChI is InChI=1S/C16H14Cl2N2O3/c17-11-6-10(7-12(18)8-11)15(21)20-13-3-1-9(2-4-13)5-14(19)16(22)23/h1-4,6-8,14H,5,19H2,(H,20,21)(H,22,23)/t14-/m0/s1. The van der Waals surface area contributed by atoms with Crippen molar-refractivity contribution in [1.82, 2.24) is 0 Å². The smallest absolute Gasteiger partial charge is 0.320 e. The number of rotatable bonds is 5. The number of carbonyl (C=O) groups is 2. The minimum Gasteiger partial charge on any atom is -0.480 e. The Labute approximate surface area is 143 Å². The lowest BCUT2D eigenvalue weighted by Crippen LogP contribution is -2.32. The molecule has 0 aromatic heterocycles. The summed E-state index contributed by atoms with van der Waals surface area (Å²) in [5.74, 6) is -1.40. The Morgan fingerprint density at radius 2 is 1.65 bits per heavy atom. The minimum absolute atomic E-state index is 0.216. The highest BCUT2D eigenvalue weighted by Crippen LogP contribution is 2.20. The van der Waals surface area contributed by atoms with Crippen LogP contribution in [0.1, 0.15) is 15.9 Å². The van der Waals surface area contributed by atoms with Gasteiger partial charge in [-0.15, -0.1) is 0 Å². The Bertz CT molecular complexity index is 712. The Balaban J connectivity index is 2.05. The fraction of sp³-hybridized carbons (Fsp3) is 0.125. The number of hydrogen-bond acceptors (Lipinski definition) is 3. The number of carbonyl (C=O) groups excluding carboxylic acids is 1. The number of amides is 1. The number of nitrogens with one attached hydrogen (secondary N) is 1. The van der Waals surface area contributed by atoms with Gasteiger partial charge in [0.1, 0.15) is 6.04 Å². The number of aliphatic carboxylic acids is 1. The van der Waals surface area contributed by atoms with Crippen molar-refractivity contribution in [3.05, 3.63) is 63.6 Å². The van der Waals surface area contributed by atoms with Gasteiger partial charge < -0.3 is 16.2 Å². The first-order valence-electron chi connectivity index (χ1n) is 6.70. The molecule has 0 unspecified atom stereocenters. The van der Waals surface area contributed by atoms with Crippen LogP contribution in [0.4, 0.5) is 5.69 Å². The van der Waals surface area contributed by atoms with Gasteiger partial charge in [-0.25, -0.2) is 0 Å². The van der Waals surface area contributed by atoms with Crippen LogP contribution >= 0.6 is 23.2 Å². The first-order chi connectivity index (χ1) is 10.8. The molecule has 0 fully saturated rings. The molecule has 1 atom stereocenters. The summed E-state index contributed by atoms with van der Waals surface area (Å²) < 4.78 is 0. The summed E-state index contributed by atoms with van der Waals surface area (Å²) in [5, 5.41) is 12.2. The van der Waals surface area contributed by atoms with Crippen molar-refractivity contribution in [2.75, 3.05) is 5.32 Å². The zero-order valence-electron chi connectivity index (χ0n) is 11.9. The van der Waals surface area contributed by atoms with Crippen LogP contribution in [0.5, 0.6) is 0 Å². The summed E-state index contributed by atoms with van der Waals surface area (Å²) in [6, 6.07) is 10.4. The molecular formula is C16H14Cl2N2O3. The SMILES string of the molecule is N[C@@H](Cc1ccc(NC(=O)c2cc(Cl)cc(Cl)c2)cc1)C(=O)O. The van der Waals surface area contributed by atoms with Crippen LogP contribution in [-0.2, 0) is 11.2 Å². The topological polar surface area (TPSA) is 92.4 Å². The first-order valence-corrected chi connectivity index (χ1v) is 7.45. The number of hydrogen-bond donors (Lipinski definition) is 3. The average molecular weight is 353 g/mol. The average Bonchev–Trinajstić information content (AvgIpc) is 2.48. The molecule has 2 aromatic carbocycles. The van der Waals surface area contributed by atoms with Gasteiger partial charge in [0.15, 0.2) is 0 Å². The predicted octanol–water partition coefficient (Wildman–Crippen LogP) is 3.20. The van der Waals surface area contributed by atoms with E-state index in [4.69, 9.17) is 34.0 Å². The van der Waals surface area contributed by atoms with E-state index < -0.39 is 12.0 Å². The summed E-state index contributed by atoms with van der Waals surface area (Å²) in [4.78, 5) is 22.9. The Morgan fingerprint density at radius 3 is 2.17 bits per heavy atom. The van der Waals surface area contributed by atoms with Crippen molar-refractivity contribution in [2.45, 2.75) is 12.5 Å². The fourth-order valence-corrected chi connectivity index (χ4v) is 2.48. The molecular weight excluding hydrogens is 339 g/mol. The van der Waals surface area contributed by atoms with Crippen molar-refractivity contribution >= 4 is 40.8 Å². The summed E-state index contributed by atoms with van der Waals surface area (Å²) in [6.07, 6.45) is 0.216. The number of anilines is 1. The first kappa shape index (κ1) is 17.3. The predicted molar refractivity (Wildman–Crippen MR) is 90.2 cm³/mol. The maximum absolute atomic E-state index is 12.1. The molecule has 120 valence electrons. The molecule has 4 N–H and O–H groups in total. The van der Waals surface area contributed by atoms with Gasteiger partial charge in [0.2, 0.25) is 0 Å². The lowest BCUT2D eigenvalue weighted by atomic mass is 10.1. The summed E-state index contributed by atoms with van der Waals surface area (Å²) in [5.41, 5.74) is 7.16. The highest BCUT2D eigenvalue weighted by molar-refractivity contribution is 6.35. The summed E-state index contributed by atoms with van der Waals surface area (Å²) in [6.45, 7) is 0. The molecule has 23 heavy (non-hydrogen) atoms. The Morgan fingerprint density at radius 1 is 1.09 bits per heavy atom. The van der Waals surface area contributed by atoms with E-state index in [1.807, 2.05) is 0 Å². The third-order valence-electron chi connectivity index (χ3n) is 3.11. The lowest BCUT2D eigenvalue weighted by molar-refractivity contribution is -0.138. The second-order valence-electron chi connectivity index (χ2n) is 4.96. The van der Waals surface area contributed by atoms with Crippen molar-refractivity contribution in [2.24, 2.45) is 5.73 Å². The molecule has 0 bridgehead atoms. The maximum Gasteiger partial charge on any atom is 0.320 e. The number of halogens is 2. The van der Waals surface area contributed by atoms with Gasteiger partial charge in [0, 0.05) is 21.3 Å². The van der Waals surface area contributed by atoms with Gasteiger partial charge in [0.25, 0.3) is 5.91 Å². The van der Waals surface area contributed by atoms with E-state index in [2.05, 4.69) is 5.32 Å². The third-order valence-corrected chi connectivity index (χ3v) is 3.55. The molecule has 0 spiro atoms. The summed E-state index contributed by atoms with van der Waals surface area (Å²) >= 11 is 11.7. The quantitative estimate of drug-likeness (QED) is 0.770. The molecule has 0 aliphatic carbocycles. The van der Waals surface area contributed by atoms with E-state index in [-0.39, 0.29) is 12.3 Å². The largest absolute Gasteiger partial charge is 0.480 e. The van der Waals surface area contributed by atoms with Gasteiger partial charge in [0.05, 0.1) is 0 Å². The van der Waals surface area contributed by atoms with Crippen molar-refractivity contribution < 1.29 is 14.7 Å². The lowest BCUT2D eigenvalue weighted by Gasteiger charge is -2.09.